The molecule has 1 atom stereocenters. The molecule has 2 nitrogen and oxygen atoms in total. The molecule has 0 heterocycles. The summed E-state index contributed by atoms with van der Waals surface area (Å²) in [5.41, 5.74) is 6.65. The Bertz CT molecular complexity index is 248. The van der Waals surface area contributed by atoms with Gasteiger partial charge in [-0.25, -0.2) is 0 Å². The van der Waals surface area contributed by atoms with Gasteiger partial charge in [-0.15, -0.1) is 0 Å². The van der Waals surface area contributed by atoms with E-state index in [1.807, 2.05) is 31.2 Å². The zero-order valence-electron chi connectivity index (χ0n) is 7.66. The number of ether oxygens (including phenoxy) is 1. The highest BCUT2D eigenvalue weighted by atomic mass is 35.5. The van der Waals surface area contributed by atoms with Gasteiger partial charge in [0.2, 0.25) is 0 Å². The molecule has 0 fully saturated rings. The van der Waals surface area contributed by atoms with E-state index in [4.69, 9.17) is 22.1 Å². The second-order valence-electron chi connectivity index (χ2n) is 2.73. The molecule has 1 rings (SSSR count). The van der Waals surface area contributed by atoms with E-state index in [-0.39, 0.29) is 6.10 Å². The maximum Gasteiger partial charge on any atom is 0.0946 e. The van der Waals surface area contributed by atoms with Crippen molar-refractivity contribution in [3.8, 4) is 0 Å². The zero-order chi connectivity index (χ0) is 9.68. The highest BCUT2D eigenvalue weighted by Crippen LogP contribution is 2.18. The lowest BCUT2D eigenvalue weighted by atomic mass is 10.1. The molecule has 0 aliphatic carbocycles. The summed E-state index contributed by atoms with van der Waals surface area (Å²) in [6, 6.07) is 7.57. The normalized spacial score (nSPS) is 12.8. The van der Waals surface area contributed by atoms with Crippen LogP contribution in [-0.2, 0) is 4.74 Å². The van der Waals surface area contributed by atoms with Crippen LogP contribution in [0.5, 0.6) is 0 Å². The van der Waals surface area contributed by atoms with E-state index in [0.717, 1.165) is 10.6 Å². The van der Waals surface area contributed by atoms with E-state index in [2.05, 4.69) is 0 Å². The van der Waals surface area contributed by atoms with E-state index in [9.17, 15) is 0 Å². The first-order valence-corrected chi connectivity index (χ1v) is 4.72. The molecule has 0 radical (unpaired) electrons. The van der Waals surface area contributed by atoms with Crippen molar-refractivity contribution in [3.63, 3.8) is 0 Å². The highest BCUT2D eigenvalue weighted by Gasteiger charge is 2.07. The number of nitrogens with two attached hydrogens (primary N) is 1. The van der Waals surface area contributed by atoms with Gasteiger partial charge in [-0.05, 0) is 24.6 Å². The molecule has 0 saturated heterocycles. The van der Waals surface area contributed by atoms with Crippen molar-refractivity contribution in [1.29, 1.82) is 0 Å². The first-order chi connectivity index (χ1) is 6.27. The Morgan fingerprint density at radius 1 is 1.38 bits per heavy atom. The van der Waals surface area contributed by atoms with Gasteiger partial charge in [0.1, 0.15) is 0 Å². The molecule has 13 heavy (non-hydrogen) atoms. The Morgan fingerprint density at radius 3 is 2.46 bits per heavy atom. The molecule has 0 aliphatic rings. The molecular weight excluding hydrogens is 186 g/mol. The van der Waals surface area contributed by atoms with Crippen LogP contribution in [-0.4, -0.2) is 13.2 Å². The van der Waals surface area contributed by atoms with Gasteiger partial charge < -0.3 is 10.5 Å². The highest BCUT2D eigenvalue weighted by molar-refractivity contribution is 6.30. The number of hydrogen-bond acceptors (Lipinski definition) is 2. The fraction of sp³-hybridized carbons (Fsp3) is 0.400. The summed E-state index contributed by atoms with van der Waals surface area (Å²) in [5, 5.41) is 0.732. The Hall–Kier alpha value is -0.570. The third kappa shape index (κ3) is 2.99. The van der Waals surface area contributed by atoms with Crippen LogP contribution in [0.1, 0.15) is 18.6 Å². The molecule has 2 N–H and O–H groups in total. The smallest absolute Gasteiger partial charge is 0.0946 e. The molecule has 0 unspecified atom stereocenters. The molecule has 0 bridgehead atoms. The summed E-state index contributed by atoms with van der Waals surface area (Å²) in [5.74, 6) is 0. The number of benzene rings is 1. The fourth-order valence-electron chi connectivity index (χ4n) is 1.18. The van der Waals surface area contributed by atoms with Crippen molar-refractivity contribution in [2.45, 2.75) is 13.0 Å². The van der Waals surface area contributed by atoms with Crippen LogP contribution in [0.25, 0.3) is 0 Å². The molecule has 72 valence electrons. The largest absolute Gasteiger partial charge is 0.372 e. The van der Waals surface area contributed by atoms with E-state index in [1.54, 1.807) is 0 Å². The first-order valence-electron chi connectivity index (χ1n) is 4.35. The Kier molecular flexibility index (Phi) is 4.22. The van der Waals surface area contributed by atoms with Gasteiger partial charge in [0.25, 0.3) is 0 Å². The predicted molar refractivity (Wildman–Crippen MR) is 54.9 cm³/mol. The number of rotatable bonds is 4. The molecule has 3 heteroatoms. The van der Waals surface area contributed by atoms with Crippen molar-refractivity contribution in [1.82, 2.24) is 0 Å². The maximum atomic E-state index is 5.76. The summed E-state index contributed by atoms with van der Waals surface area (Å²) in [7, 11) is 0. The molecule has 0 spiro atoms. The third-order valence-corrected chi connectivity index (χ3v) is 2.08. The zero-order valence-corrected chi connectivity index (χ0v) is 8.42. The molecule has 0 aliphatic heterocycles. The van der Waals surface area contributed by atoms with Crippen molar-refractivity contribution in [2.24, 2.45) is 5.73 Å². The summed E-state index contributed by atoms with van der Waals surface area (Å²) in [6.45, 7) is 3.12. The topological polar surface area (TPSA) is 35.2 Å². The Balaban J connectivity index is 2.73. The standard InChI is InChI=1S/C10H14ClNO/c1-2-13-10(7-12)8-3-5-9(11)6-4-8/h3-6,10H,2,7,12H2,1H3/t10-/m0/s1. The lowest BCUT2D eigenvalue weighted by Crippen LogP contribution is -2.15. The van der Waals surface area contributed by atoms with Crippen LogP contribution in [0.4, 0.5) is 0 Å². The maximum absolute atomic E-state index is 5.76. The van der Waals surface area contributed by atoms with E-state index < -0.39 is 0 Å². The first kappa shape index (κ1) is 10.5. The minimum Gasteiger partial charge on any atom is -0.372 e. The van der Waals surface area contributed by atoms with Crippen molar-refractivity contribution in [3.05, 3.63) is 34.9 Å². The van der Waals surface area contributed by atoms with Crippen LogP contribution < -0.4 is 5.73 Å². The lowest BCUT2D eigenvalue weighted by molar-refractivity contribution is 0.0688. The van der Waals surface area contributed by atoms with Gasteiger partial charge in [0.05, 0.1) is 6.10 Å². The summed E-state index contributed by atoms with van der Waals surface area (Å²) >= 11 is 5.76. The number of hydrogen-bond donors (Lipinski definition) is 1. The van der Waals surface area contributed by atoms with Crippen molar-refractivity contribution < 1.29 is 4.74 Å². The van der Waals surface area contributed by atoms with E-state index in [0.29, 0.717) is 13.2 Å². The van der Waals surface area contributed by atoms with Gasteiger partial charge in [-0.1, -0.05) is 23.7 Å². The SMILES string of the molecule is CCO[C@@H](CN)c1ccc(Cl)cc1. The number of halogens is 1. The predicted octanol–water partition coefficient (Wildman–Crippen LogP) is 2.38. The molecule has 1 aromatic carbocycles. The minimum atomic E-state index is -0.0118. The second kappa shape index (κ2) is 5.22. The minimum absolute atomic E-state index is 0.0118. The van der Waals surface area contributed by atoms with E-state index in [1.165, 1.54) is 0 Å². The Morgan fingerprint density at radius 2 is 2.00 bits per heavy atom. The lowest BCUT2D eigenvalue weighted by Gasteiger charge is -2.14. The van der Waals surface area contributed by atoms with Crippen LogP contribution in [0.2, 0.25) is 5.02 Å². The molecule has 0 aromatic heterocycles. The second-order valence-corrected chi connectivity index (χ2v) is 3.17. The Labute approximate surface area is 83.6 Å². The fourth-order valence-corrected chi connectivity index (χ4v) is 1.30. The van der Waals surface area contributed by atoms with Crippen molar-refractivity contribution in [2.75, 3.05) is 13.2 Å². The van der Waals surface area contributed by atoms with Gasteiger partial charge >= 0.3 is 0 Å². The van der Waals surface area contributed by atoms with Crippen LogP contribution >= 0.6 is 11.6 Å². The van der Waals surface area contributed by atoms with Gasteiger partial charge in [-0.3, -0.25) is 0 Å². The van der Waals surface area contributed by atoms with Gasteiger partial charge in [0, 0.05) is 18.2 Å². The summed E-state index contributed by atoms with van der Waals surface area (Å²) < 4.78 is 5.45. The van der Waals surface area contributed by atoms with Crippen LogP contribution in [0, 0.1) is 0 Å². The monoisotopic (exact) mass is 199 g/mol. The average molecular weight is 200 g/mol. The average Bonchev–Trinajstić information content (AvgIpc) is 2.16. The van der Waals surface area contributed by atoms with Crippen LogP contribution in [0.15, 0.2) is 24.3 Å². The molecule has 0 amide bonds. The van der Waals surface area contributed by atoms with Crippen LogP contribution in [0.3, 0.4) is 0 Å². The van der Waals surface area contributed by atoms with Crippen molar-refractivity contribution >= 4 is 11.6 Å². The van der Waals surface area contributed by atoms with E-state index >= 15 is 0 Å². The molecule has 0 saturated carbocycles. The summed E-state index contributed by atoms with van der Waals surface area (Å²) in [6.07, 6.45) is -0.0118. The quantitative estimate of drug-likeness (QED) is 0.808. The van der Waals surface area contributed by atoms with Gasteiger partial charge in [0.15, 0.2) is 0 Å². The third-order valence-electron chi connectivity index (χ3n) is 1.82. The molecular formula is C10H14ClNO. The van der Waals surface area contributed by atoms with Gasteiger partial charge in [-0.2, -0.15) is 0 Å². The molecule has 1 aromatic rings. The summed E-state index contributed by atoms with van der Waals surface area (Å²) in [4.78, 5) is 0.